The zero-order valence-electron chi connectivity index (χ0n) is 73.3. The maximum absolute atomic E-state index is 14.0. The number of nitrogens with one attached hydrogen (secondary N) is 6. The number of nitrogens with zero attached hydrogens (tertiary/aromatic N) is 6. The molecule has 6 atom stereocenters. The largest absolute Gasteiger partial charge is 0.497 e. The lowest BCUT2D eigenvalue weighted by molar-refractivity contribution is -0.134. The highest BCUT2D eigenvalue weighted by Crippen LogP contribution is 2.33. The van der Waals surface area contributed by atoms with Crippen LogP contribution in [0.5, 0.6) is 5.75 Å². The predicted molar refractivity (Wildman–Crippen MR) is 518 cm³/mol. The molecule has 0 aromatic heterocycles. The van der Waals surface area contributed by atoms with Gasteiger partial charge in [-0.25, -0.2) is 0 Å². The van der Waals surface area contributed by atoms with Gasteiger partial charge in [0, 0.05) is 125 Å². The molecule has 3 saturated heterocycles. The molecule has 18 N–H and O–H groups in total. The summed E-state index contributed by atoms with van der Waals surface area (Å²) in [7, 11) is 1.64. The van der Waals surface area contributed by atoms with Crippen LogP contribution >= 0.6 is 23.2 Å². The van der Waals surface area contributed by atoms with Crippen molar-refractivity contribution < 1.29 is 38.3 Å². The van der Waals surface area contributed by atoms with Crippen LogP contribution in [0, 0.1) is 0 Å². The summed E-state index contributed by atoms with van der Waals surface area (Å²) in [5.41, 5.74) is 41.7. The molecule has 0 spiro atoms. The molecule has 0 bridgehead atoms. The van der Waals surface area contributed by atoms with Gasteiger partial charge in [0.25, 0.3) is 11.8 Å². The minimum Gasteiger partial charge on any atom is -0.497 e. The molecule has 6 amide bonds. The molecule has 26 nitrogen and oxygen atoms in total. The summed E-state index contributed by atoms with van der Waals surface area (Å²) >= 11 is 12.1. The molecule has 14 rings (SSSR count). The summed E-state index contributed by atoms with van der Waals surface area (Å²) < 4.78 is 5.32. The highest BCUT2D eigenvalue weighted by Gasteiger charge is 2.37. The topological polar surface area (TPSA) is 396 Å². The molecule has 0 saturated carbocycles. The summed E-state index contributed by atoms with van der Waals surface area (Å²) in [4.78, 5) is 100. The van der Waals surface area contributed by atoms with Crippen molar-refractivity contribution in [2.45, 2.75) is 112 Å². The standard InChI is InChI=1S/C36H42N6O3.C34H38N6O3.C32H38Cl2N6O2/c1-45-31-17-16-27-21-29(15-14-28(27)22-31)34(43)40-23-30-18-20-42(35(44)33(41-30)13-8-19-39-36(37)38)24-32(25-9-4-2-5-10-25)26-11-6-3-7-12-26;35-34(36)39-43-20-18-31-33(42)40(23-30(25-10-3-1-4-11-25)26-12-5-2-6-13-26)19-17-29(38-31)22-37-32(41)28-16-15-24-9-7-8-14-27(24)21-28;33-27-14-13-22(18-28(27)34)19-30(41)38-20-25-15-17-40(31(42)29(39-25)12-7-16-37-32(35)36)21-26(23-8-3-1-4-9-23)24-10-5-2-6-11-24/h2-7,9-12,14-17,21-22,30,32-33,41H,8,13,18-20,23-24H2,1H3,(H,40,43)(H4,37,38,39);1-16,21,29-31,38H,17-20,22-23H2,(H,37,41)(H4,35,36,39);1-6,8-11,13-14,18,25-26,29,39H,7,12,15-17,19-21H2,(H,38,41)(H4,35,36,37)/t30-,33-;29-,31-;25-,29-/m000/s1. The van der Waals surface area contributed by atoms with Crippen LogP contribution in [0.25, 0.3) is 21.5 Å². The SMILES string of the molecule is COc1ccc2cc(C(=O)NC[C@@H]3CCN(CC(c4ccccc4)c4ccccc4)C(=O)[C@H](CCCN=C(N)N)N3)ccc2c1.NC(N)=NCCC[C@@H]1N[C@H](CNC(=O)Cc2ccc(Cl)c(Cl)c2)CCN(CC(c2ccccc2)c2ccccc2)C1=O.NC(N)=NOCC[C@@H]1N[C@H](CNC(=O)c2ccc3ccccc3c2)CCN(CC(c2ccccc2)c2ccccc2)C1=O. The molecular formula is C102H118Cl2N18O8. The van der Waals surface area contributed by atoms with Gasteiger partial charge in [-0.05, 0) is 159 Å². The average Bonchev–Trinajstić information content (AvgIpc) is 1.57. The van der Waals surface area contributed by atoms with Crippen molar-refractivity contribution in [3.63, 3.8) is 0 Å². The minimum atomic E-state index is -0.536. The van der Waals surface area contributed by atoms with Gasteiger partial charge in [-0.1, -0.05) is 254 Å². The van der Waals surface area contributed by atoms with Crippen molar-refractivity contribution in [3.05, 3.63) is 339 Å². The number of nitrogens with two attached hydrogens (primary N) is 6. The van der Waals surface area contributed by atoms with Crippen molar-refractivity contribution >= 4 is 98.1 Å². The van der Waals surface area contributed by atoms with Gasteiger partial charge < -0.3 is 90.6 Å². The summed E-state index contributed by atoms with van der Waals surface area (Å²) in [6.07, 6.45) is 5.06. The number of oxime groups is 1. The monoisotopic (exact) mass is 1790 g/mol. The number of methoxy groups -OCH3 is 1. The number of amides is 6. The molecule has 0 aliphatic carbocycles. The Morgan fingerprint density at radius 3 is 1.15 bits per heavy atom. The van der Waals surface area contributed by atoms with E-state index in [4.69, 9.17) is 67.2 Å². The van der Waals surface area contributed by atoms with Gasteiger partial charge in [-0.3, -0.25) is 38.8 Å². The van der Waals surface area contributed by atoms with Gasteiger partial charge in [0.15, 0.2) is 11.9 Å². The van der Waals surface area contributed by atoms with E-state index in [1.54, 1.807) is 25.3 Å². The van der Waals surface area contributed by atoms with Gasteiger partial charge >= 0.3 is 0 Å². The molecular weight excluding hydrogens is 1680 g/mol. The number of rotatable bonds is 35. The number of ether oxygens (including phenoxy) is 1. The molecule has 11 aromatic carbocycles. The van der Waals surface area contributed by atoms with Gasteiger partial charge in [0.05, 0.1) is 41.7 Å². The van der Waals surface area contributed by atoms with Crippen molar-refractivity contribution in [1.29, 1.82) is 0 Å². The normalized spacial score (nSPS) is 16.9. The molecule has 3 fully saturated rings. The molecule has 28 heteroatoms. The number of benzene rings is 11. The maximum atomic E-state index is 14.0. The smallest absolute Gasteiger partial charge is 0.251 e. The lowest BCUT2D eigenvalue weighted by Gasteiger charge is -2.29. The third-order valence-electron chi connectivity index (χ3n) is 23.6. The van der Waals surface area contributed by atoms with E-state index in [-0.39, 0.29) is 102 Å². The van der Waals surface area contributed by atoms with Gasteiger partial charge in [0.1, 0.15) is 12.4 Å². The molecule has 3 aliphatic heterocycles. The summed E-state index contributed by atoms with van der Waals surface area (Å²) in [6, 6.07) is 90.2. The Morgan fingerprint density at radius 2 is 0.762 bits per heavy atom. The highest BCUT2D eigenvalue weighted by molar-refractivity contribution is 6.42. The molecule has 0 radical (unpaired) electrons. The fourth-order valence-electron chi connectivity index (χ4n) is 16.8. The van der Waals surface area contributed by atoms with Crippen LogP contribution in [-0.4, -0.2) is 190 Å². The first-order valence-corrected chi connectivity index (χ1v) is 45.0. The quantitative estimate of drug-likeness (QED) is 0.00760. The molecule has 3 heterocycles. The number of halogens is 2. The molecule has 3 aliphatic rings. The fourth-order valence-corrected chi connectivity index (χ4v) is 17.1. The zero-order valence-corrected chi connectivity index (χ0v) is 74.8. The number of fused-ring (bicyclic) bond motifs is 2. The van der Waals surface area contributed by atoms with Crippen LogP contribution in [0.15, 0.2) is 294 Å². The van der Waals surface area contributed by atoms with E-state index in [1.807, 2.05) is 203 Å². The number of guanidine groups is 3. The first-order valence-electron chi connectivity index (χ1n) is 44.3. The van der Waals surface area contributed by atoms with E-state index in [1.165, 1.54) is 0 Å². The summed E-state index contributed by atoms with van der Waals surface area (Å²) in [5.74, 6) is 0.383. The highest BCUT2D eigenvalue weighted by atomic mass is 35.5. The van der Waals surface area contributed by atoms with E-state index in [9.17, 15) is 28.8 Å². The van der Waals surface area contributed by atoms with Crippen molar-refractivity contribution in [3.8, 4) is 5.75 Å². The lowest BCUT2D eigenvalue weighted by atomic mass is 9.90. The number of carbonyl (C=O) groups is 6. The Bertz CT molecular complexity index is 5470. The number of hydrogen-bond donors (Lipinski definition) is 12. The van der Waals surface area contributed by atoms with E-state index in [0.29, 0.717) is 145 Å². The first kappa shape index (κ1) is 95.7. The predicted octanol–water partition coefficient (Wildman–Crippen LogP) is 11.7. The van der Waals surface area contributed by atoms with E-state index in [0.717, 1.165) is 66.2 Å². The van der Waals surface area contributed by atoms with Gasteiger partial charge in [-0.15, -0.1) is 0 Å². The minimum absolute atomic E-state index is 0.00837. The summed E-state index contributed by atoms with van der Waals surface area (Å²) in [5, 5.41) is 28.3. The van der Waals surface area contributed by atoms with Crippen LogP contribution in [0.3, 0.4) is 0 Å². The second-order valence-electron chi connectivity index (χ2n) is 32.8. The Labute approximate surface area is 770 Å². The van der Waals surface area contributed by atoms with Gasteiger partial charge in [0.2, 0.25) is 29.6 Å². The second-order valence-corrected chi connectivity index (χ2v) is 33.6. The van der Waals surface area contributed by atoms with Gasteiger partial charge in [-0.2, -0.15) is 0 Å². The van der Waals surface area contributed by atoms with E-state index in [2.05, 4.69) is 120 Å². The lowest BCUT2D eigenvalue weighted by Crippen LogP contribution is -2.49. The number of carbonyl (C=O) groups excluding carboxylic acids is 6. The molecule has 678 valence electrons. The Balaban J connectivity index is 0.000000177. The first-order chi connectivity index (χ1) is 63.2. The average molecular weight is 1800 g/mol. The third kappa shape index (κ3) is 28.8. The number of aliphatic imine (C=N–C) groups is 2. The molecule has 11 aromatic rings. The van der Waals surface area contributed by atoms with E-state index < -0.39 is 18.1 Å². The maximum Gasteiger partial charge on any atom is 0.251 e. The third-order valence-corrected chi connectivity index (χ3v) is 24.3. The second kappa shape index (κ2) is 49.3. The molecule has 0 unspecified atom stereocenters. The number of hydrogen-bond acceptors (Lipinski definition) is 14. The van der Waals surface area contributed by atoms with Crippen LogP contribution in [0.4, 0.5) is 0 Å². The Kier molecular flexibility index (Phi) is 36.3. The Morgan fingerprint density at radius 1 is 0.408 bits per heavy atom. The van der Waals surface area contributed by atoms with Crippen LogP contribution in [0.1, 0.15) is 129 Å². The van der Waals surface area contributed by atoms with Crippen molar-refractivity contribution in [2.24, 2.45) is 49.5 Å². The molecule has 130 heavy (non-hydrogen) atoms. The fraction of sp³-hybridized carbons (Fsp3) is 0.304. The van der Waals surface area contributed by atoms with Crippen LogP contribution in [-0.2, 0) is 30.4 Å². The van der Waals surface area contributed by atoms with Crippen LogP contribution in [0.2, 0.25) is 10.0 Å². The van der Waals surface area contributed by atoms with E-state index >= 15 is 0 Å². The van der Waals surface area contributed by atoms with Crippen LogP contribution < -0.4 is 71.0 Å². The zero-order chi connectivity index (χ0) is 91.5. The van der Waals surface area contributed by atoms with Crippen molar-refractivity contribution in [1.82, 2.24) is 46.6 Å². The Hall–Kier alpha value is -13.4. The van der Waals surface area contributed by atoms with Crippen molar-refractivity contribution in [2.75, 3.05) is 85.7 Å². The summed E-state index contributed by atoms with van der Waals surface area (Å²) in [6.45, 7) is 5.53.